The Balaban J connectivity index is 2.34. The van der Waals surface area contributed by atoms with E-state index in [0.717, 1.165) is 0 Å². The van der Waals surface area contributed by atoms with Gasteiger partial charge in [-0.25, -0.2) is 13.2 Å². The number of rotatable bonds is 3. The average Bonchev–Trinajstić information content (AvgIpc) is 3.07. The lowest BCUT2D eigenvalue weighted by Gasteiger charge is -2.08. The first-order valence-electron chi connectivity index (χ1n) is 4.28. The molecule has 0 amide bonds. The summed E-state index contributed by atoms with van der Waals surface area (Å²) in [5, 5.41) is 0. The topological polar surface area (TPSA) is 21.8 Å². The Kier molecular flexibility index (Phi) is 2.71. The van der Waals surface area contributed by atoms with Crippen LogP contribution in [0.1, 0.15) is 0 Å². The van der Waals surface area contributed by atoms with Crippen LogP contribution in [-0.2, 0) is 4.74 Å². The van der Waals surface area contributed by atoms with Crippen molar-refractivity contribution in [2.24, 2.45) is 0 Å². The molecule has 2 nitrogen and oxygen atoms in total. The molecule has 1 heterocycles. The molecule has 1 aromatic carbocycles. The van der Waals surface area contributed by atoms with Gasteiger partial charge in [-0.15, -0.1) is 0 Å². The van der Waals surface area contributed by atoms with Crippen molar-refractivity contribution in [1.29, 1.82) is 0 Å². The van der Waals surface area contributed by atoms with Crippen molar-refractivity contribution in [3.63, 3.8) is 0 Å². The third-order valence-corrected chi connectivity index (χ3v) is 1.99. The van der Waals surface area contributed by atoms with Crippen molar-refractivity contribution >= 4 is 0 Å². The summed E-state index contributed by atoms with van der Waals surface area (Å²) in [5.74, 6) is -11.5. The van der Waals surface area contributed by atoms with E-state index in [1.165, 1.54) is 0 Å². The summed E-state index contributed by atoms with van der Waals surface area (Å²) in [5.41, 5.74) is 0. The van der Waals surface area contributed by atoms with Crippen LogP contribution >= 0.6 is 0 Å². The molecular formula is C9H5F5O2. The molecular weight excluding hydrogens is 235 g/mol. The van der Waals surface area contributed by atoms with Gasteiger partial charge in [0.1, 0.15) is 12.7 Å². The molecule has 0 bridgehead atoms. The van der Waals surface area contributed by atoms with Gasteiger partial charge in [0.15, 0.2) is 5.75 Å². The maximum absolute atomic E-state index is 13.0. The van der Waals surface area contributed by atoms with Crippen LogP contribution in [0.5, 0.6) is 5.75 Å². The number of ether oxygens (including phenoxy) is 2. The van der Waals surface area contributed by atoms with Gasteiger partial charge in [0.25, 0.3) is 0 Å². The van der Waals surface area contributed by atoms with Gasteiger partial charge >= 0.3 is 0 Å². The van der Waals surface area contributed by atoms with Crippen LogP contribution in [0.4, 0.5) is 22.0 Å². The van der Waals surface area contributed by atoms with E-state index in [1.807, 2.05) is 0 Å². The fraction of sp³-hybridized carbons (Fsp3) is 0.333. The number of hydrogen-bond donors (Lipinski definition) is 0. The van der Waals surface area contributed by atoms with E-state index >= 15 is 0 Å². The normalized spacial score (nSPS) is 18.7. The maximum Gasteiger partial charge on any atom is 0.206 e. The molecule has 0 spiro atoms. The molecule has 88 valence electrons. The van der Waals surface area contributed by atoms with E-state index in [0.29, 0.717) is 6.61 Å². The van der Waals surface area contributed by atoms with Crippen molar-refractivity contribution in [1.82, 2.24) is 0 Å². The summed E-state index contributed by atoms with van der Waals surface area (Å²) in [7, 11) is 0. The minimum Gasteiger partial charge on any atom is -0.485 e. The van der Waals surface area contributed by atoms with Crippen LogP contribution in [0.25, 0.3) is 0 Å². The van der Waals surface area contributed by atoms with E-state index in [9.17, 15) is 22.0 Å². The molecule has 0 saturated carbocycles. The zero-order chi connectivity index (χ0) is 11.9. The highest BCUT2D eigenvalue weighted by atomic mass is 19.2. The van der Waals surface area contributed by atoms with Gasteiger partial charge in [-0.05, 0) is 0 Å². The summed E-state index contributed by atoms with van der Waals surface area (Å²) in [6.07, 6.45) is -0.352. The monoisotopic (exact) mass is 240 g/mol. The number of benzene rings is 1. The summed E-state index contributed by atoms with van der Waals surface area (Å²) >= 11 is 0. The summed E-state index contributed by atoms with van der Waals surface area (Å²) in [4.78, 5) is 0. The van der Waals surface area contributed by atoms with Crippen LogP contribution in [-0.4, -0.2) is 19.3 Å². The second-order valence-corrected chi connectivity index (χ2v) is 3.17. The van der Waals surface area contributed by atoms with Gasteiger partial charge in [0.05, 0.1) is 6.61 Å². The lowest BCUT2D eigenvalue weighted by atomic mass is 10.2. The van der Waals surface area contributed by atoms with E-state index < -0.39 is 34.8 Å². The molecule has 1 atom stereocenters. The second-order valence-electron chi connectivity index (χ2n) is 3.17. The van der Waals surface area contributed by atoms with E-state index in [4.69, 9.17) is 0 Å². The van der Waals surface area contributed by atoms with E-state index in [-0.39, 0.29) is 12.7 Å². The van der Waals surface area contributed by atoms with E-state index in [2.05, 4.69) is 9.47 Å². The summed E-state index contributed by atoms with van der Waals surface area (Å²) < 4.78 is 73.1. The third kappa shape index (κ3) is 1.82. The van der Waals surface area contributed by atoms with Crippen LogP contribution in [0.3, 0.4) is 0 Å². The van der Waals surface area contributed by atoms with Crippen molar-refractivity contribution in [2.45, 2.75) is 6.10 Å². The number of epoxide rings is 1. The van der Waals surface area contributed by atoms with Gasteiger partial charge in [-0.3, -0.25) is 0 Å². The lowest BCUT2D eigenvalue weighted by molar-refractivity contribution is 0.231. The molecule has 16 heavy (non-hydrogen) atoms. The summed E-state index contributed by atoms with van der Waals surface area (Å²) in [6, 6.07) is 0. The van der Waals surface area contributed by atoms with Gasteiger partial charge in [0.2, 0.25) is 29.1 Å². The molecule has 0 aromatic heterocycles. The Labute approximate surface area is 86.6 Å². The smallest absolute Gasteiger partial charge is 0.206 e. The fourth-order valence-corrected chi connectivity index (χ4v) is 1.05. The Hall–Kier alpha value is -1.37. The number of hydrogen-bond acceptors (Lipinski definition) is 2. The Morgan fingerprint density at radius 3 is 1.81 bits per heavy atom. The Bertz CT molecular complexity index is 401. The van der Waals surface area contributed by atoms with Crippen molar-refractivity contribution in [2.75, 3.05) is 13.2 Å². The standard InChI is InChI=1S/C9H5F5O2/c10-4-5(11)7(13)9(8(14)6(4)12)16-2-3-1-15-3/h3H,1-2H2/t3-/m0/s1. The largest absolute Gasteiger partial charge is 0.485 e. The molecule has 0 aliphatic carbocycles. The molecule has 1 aromatic rings. The van der Waals surface area contributed by atoms with Gasteiger partial charge in [-0.1, -0.05) is 0 Å². The van der Waals surface area contributed by atoms with Crippen LogP contribution in [0.2, 0.25) is 0 Å². The molecule has 0 N–H and O–H groups in total. The SMILES string of the molecule is Fc1c(F)c(F)c(OC[C@@H]2CO2)c(F)c1F. The van der Waals surface area contributed by atoms with Crippen molar-refractivity contribution in [3.05, 3.63) is 29.1 Å². The van der Waals surface area contributed by atoms with Gasteiger partial charge < -0.3 is 9.47 Å². The lowest BCUT2D eigenvalue weighted by Crippen LogP contribution is -2.10. The zero-order valence-corrected chi connectivity index (χ0v) is 7.70. The first-order valence-corrected chi connectivity index (χ1v) is 4.28. The first kappa shape index (κ1) is 11.1. The quantitative estimate of drug-likeness (QED) is 0.349. The van der Waals surface area contributed by atoms with Crippen LogP contribution in [0, 0.1) is 29.1 Å². The highest BCUT2D eigenvalue weighted by Gasteiger charge is 2.29. The molecule has 1 fully saturated rings. The van der Waals surface area contributed by atoms with Gasteiger partial charge in [-0.2, -0.15) is 8.78 Å². The maximum atomic E-state index is 13.0. The molecule has 1 aliphatic heterocycles. The molecule has 0 radical (unpaired) electrons. The van der Waals surface area contributed by atoms with E-state index in [1.54, 1.807) is 0 Å². The zero-order valence-electron chi connectivity index (χ0n) is 7.70. The van der Waals surface area contributed by atoms with Gasteiger partial charge in [0, 0.05) is 0 Å². The third-order valence-electron chi connectivity index (χ3n) is 1.99. The minimum absolute atomic E-state index is 0.252. The highest BCUT2D eigenvalue weighted by molar-refractivity contribution is 5.29. The average molecular weight is 240 g/mol. The Morgan fingerprint density at radius 1 is 0.938 bits per heavy atom. The molecule has 0 unspecified atom stereocenters. The highest BCUT2D eigenvalue weighted by Crippen LogP contribution is 2.29. The first-order chi connectivity index (χ1) is 7.52. The fourth-order valence-electron chi connectivity index (χ4n) is 1.05. The minimum atomic E-state index is -2.20. The Morgan fingerprint density at radius 2 is 1.38 bits per heavy atom. The van der Waals surface area contributed by atoms with Crippen molar-refractivity contribution < 1.29 is 31.4 Å². The van der Waals surface area contributed by atoms with Crippen molar-refractivity contribution in [3.8, 4) is 5.75 Å². The molecule has 1 aliphatic rings. The number of halogens is 5. The second kappa shape index (κ2) is 3.89. The van der Waals surface area contributed by atoms with Crippen LogP contribution in [0.15, 0.2) is 0 Å². The molecule has 7 heteroatoms. The summed E-state index contributed by atoms with van der Waals surface area (Å²) in [6.45, 7) is 0.0910. The predicted octanol–water partition coefficient (Wildman–Crippen LogP) is 2.16. The molecule has 1 saturated heterocycles. The predicted molar refractivity (Wildman–Crippen MR) is 41.5 cm³/mol. The molecule has 2 rings (SSSR count). The van der Waals surface area contributed by atoms with Crippen LogP contribution < -0.4 is 4.74 Å².